The smallest absolute Gasteiger partial charge is 0.243 e. The molecule has 0 radical (unpaired) electrons. The van der Waals surface area contributed by atoms with Crippen LogP contribution >= 0.6 is 0 Å². The fourth-order valence-electron chi connectivity index (χ4n) is 3.23. The van der Waals surface area contributed by atoms with Crippen molar-refractivity contribution in [3.05, 3.63) is 0 Å². The Morgan fingerprint density at radius 1 is 1.44 bits per heavy atom. The van der Waals surface area contributed by atoms with Crippen molar-refractivity contribution in [3.63, 3.8) is 0 Å². The molecule has 1 N–H and O–H groups in total. The van der Waals surface area contributed by atoms with Gasteiger partial charge in [0, 0.05) is 13.1 Å². The number of ether oxygens (including phenoxy) is 1. The molecule has 4 nitrogen and oxygen atoms in total. The summed E-state index contributed by atoms with van der Waals surface area (Å²) in [5.41, 5.74) is -0.498. The number of rotatable bonds is 3. The fourth-order valence-corrected chi connectivity index (χ4v) is 3.23. The third-order valence-electron chi connectivity index (χ3n) is 4.04. The molecule has 1 unspecified atom stereocenters. The minimum atomic E-state index is -0.290. The molecule has 1 atom stereocenters. The predicted molar refractivity (Wildman–Crippen MR) is 71.5 cm³/mol. The Hall–Kier alpha value is -0.610. The van der Waals surface area contributed by atoms with Gasteiger partial charge >= 0.3 is 0 Å². The number of carbonyl (C=O) groups is 1. The molecule has 0 aliphatic carbocycles. The molecule has 4 heteroatoms. The predicted octanol–water partition coefficient (Wildman–Crippen LogP) is 1.55. The van der Waals surface area contributed by atoms with Gasteiger partial charge in [-0.2, -0.15) is 0 Å². The molecule has 0 saturated carbocycles. The van der Waals surface area contributed by atoms with Gasteiger partial charge in [-0.1, -0.05) is 13.3 Å². The molecule has 1 amide bonds. The topological polar surface area (TPSA) is 41.6 Å². The number of morpholine rings is 1. The average molecular weight is 254 g/mol. The van der Waals surface area contributed by atoms with E-state index in [0.717, 1.165) is 38.8 Å². The van der Waals surface area contributed by atoms with Crippen molar-refractivity contribution in [2.75, 3.05) is 26.2 Å². The highest BCUT2D eigenvalue weighted by Crippen LogP contribution is 2.29. The van der Waals surface area contributed by atoms with Crippen molar-refractivity contribution < 1.29 is 9.53 Å². The highest BCUT2D eigenvalue weighted by atomic mass is 16.5. The molecule has 0 aromatic rings. The Bertz CT molecular complexity index is 309. The van der Waals surface area contributed by atoms with Crippen LogP contribution in [0.2, 0.25) is 0 Å². The Labute approximate surface area is 110 Å². The maximum absolute atomic E-state index is 12.8. The lowest BCUT2D eigenvalue weighted by molar-refractivity contribution is -0.152. The molecule has 0 aromatic carbocycles. The Morgan fingerprint density at radius 3 is 2.78 bits per heavy atom. The van der Waals surface area contributed by atoms with Gasteiger partial charge < -0.3 is 15.0 Å². The minimum absolute atomic E-state index is 0.208. The van der Waals surface area contributed by atoms with E-state index >= 15 is 0 Å². The maximum atomic E-state index is 12.8. The van der Waals surface area contributed by atoms with Crippen LogP contribution in [0.15, 0.2) is 0 Å². The van der Waals surface area contributed by atoms with Gasteiger partial charge in [0.2, 0.25) is 5.91 Å². The summed E-state index contributed by atoms with van der Waals surface area (Å²) in [4.78, 5) is 14.8. The van der Waals surface area contributed by atoms with Crippen LogP contribution in [0.25, 0.3) is 0 Å². The van der Waals surface area contributed by atoms with Crippen LogP contribution in [0.4, 0.5) is 0 Å². The van der Waals surface area contributed by atoms with E-state index in [1.165, 1.54) is 0 Å². The normalized spacial score (nSPS) is 31.6. The first-order chi connectivity index (χ1) is 8.49. The Kier molecular flexibility index (Phi) is 3.97. The number of amides is 1. The lowest BCUT2D eigenvalue weighted by Crippen LogP contribution is -2.60. The van der Waals surface area contributed by atoms with Crippen LogP contribution in [0, 0.1) is 0 Å². The van der Waals surface area contributed by atoms with E-state index in [2.05, 4.69) is 26.1 Å². The average Bonchev–Trinajstić information content (AvgIpc) is 2.77. The SMILES string of the molecule is CCCC1(C(=O)N2CCOC(C)(C)C2)CCCN1. The molecular formula is C14H26N2O2. The van der Waals surface area contributed by atoms with Crippen LogP contribution in [-0.2, 0) is 9.53 Å². The summed E-state index contributed by atoms with van der Waals surface area (Å²) in [6.45, 7) is 9.33. The van der Waals surface area contributed by atoms with Gasteiger partial charge in [-0.3, -0.25) is 4.79 Å². The number of carbonyl (C=O) groups excluding carboxylic acids is 1. The van der Waals surface area contributed by atoms with E-state index in [1.54, 1.807) is 0 Å². The van der Waals surface area contributed by atoms with Crippen LogP contribution in [0.3, 0.4) is 0 Å². The molecule has 0 aromatic heterocycles. The molecule has 2 aliphatic heterocycles. The van der Waals surface area contributed by atoms with Gasteiger partial charge in [-0.05, 0) is 39.7 Å². The lowest BCUT2D eigenvalue weighted by Gasteiger charge is -2.42. The second-order valence-corrected chi connectivity index (χ2v) is 6.20. The summed E-state index contributed by atoms with van der Waals surface area (Å²) >= 11 is 0. The lowest BCUT2D eigenvalue weighted by atomic mass is 9.89. The van der Waals surface area contributed by atoms with Crippen molar-refractivity contribution in [1.82, 2.24) is 10.2 Å². The van der Waals surface area contributed by atoms with Gasteiger partial charge in [-0.15, -0.1) is 0 Å². The summed E-state index contributed by atoms with van der Waals surface area (Å²) in [5.74, 6) is 0.290. The second-order valence-electron chi connectivity index (χ2n) is 6.20. The van der Waals surface area contributed by atoms with E-state index in [0.29, 0.717) is 19.1 Å². The molecule has 104 valence electrons. The van der Waals surface area contributed by atoms with Crippen LogP contribution in [0.1, 0.15) is 46.5 Å². The van der Waals surface area contributed by atoms with Crippen LogP contribution in [0.5, 0.6) is 0 Å². The highest BCUT2D eigenvalue weighted by Gasteiger charge is 2.44. The molecule has 2 saturated heterocycles. The first-order valence-electron chi connectivity index (χ1n) is 7.17. The number of nitrogens with one attached hydrogen (secondary N) is 1. The van der Waals surface area contributed by atoms with E-state index < -0.39 is 0 Å². The highest BCUT2D eigenvalue weighted by molar-refractivity contribution is 5.87. The zero-order valence-corrected chi connectivity index (χ0v) is 11.9. The summed E-state index contributed by atoms with van der Waals surface area (Å²) in [6, 6.07) is 0. The van der Waals surface area contributed by atoms with Crippen molar-refractivity contribution in [2.45, 2.75) is 57.6 Å². The standard InChI is InChI=1S/C14H26N2O2/c1-4-6-14(7-5-8-15-14)12(17)16-9-10-18-13(2,3)11-16/h15H,4-11H2,1-3H3. The zero-order chi connectivity index (χ0) is 13.2. The van der Waals surface area contributed by atoms with Gasteiger partial charge in [-0.25, -0.2) is 0 Å². The van der Waals surface area contributed by atoms with E-state index in [9.17, 15) is 4.79 Å². The van der Waals surface area contributed by atoms with E-state index in [1.807, 2.05) is 4.90 Å². The molecular weight excluding hydrogens is 228 g/mol. The molecule has 2 heterocycles. The van der Waals surface area contributed by atoms with E-state index in [4.69, 9.17) is 4.74 Å². The van der Waals surface area contributed by atoms with Crippen molar-refractivity contribution in [3.8, 4) is 0 Å². The summed E-state index contributed by atoms with van der Waals surface area (Å²) in [5, 5.41) is 3.46. The maximum Gasteiger partial charge on any atom is 0.243 e. The van der Waals surface area contributed by atoms with Crippen LogP contribution in [-0.4, -0.2) is 48.2 Å². The minimum Gasteiger partial charge on any atom is -0.372 e. The van der Waals surface area contributed by atoms with Gasteiger partial charge in [0.15, 0.2) is 0 Å². The largest absolute Gasteiger partial charge is 0.372 e. The summed E-state index contributed by atoms with van der Waals surface area (Å²) in [7, 11) is 0. The molecule has 2 rings (SSSR count). The molecule has 2 aliphatic rings. The van der Waals surface area contributed by atoms with Gasteiger partial charge in [0.25, 0.3) is 0 Å². The fraction of sp³-hybridized carbons (Fsp3) is 0.929. The third kappa shape index (κ3) is 2.69. The van der Waals surface area contributed by atoms with E-state index in [-0.39, 0.29) is 11.1 Å². The first kappa shape index (κ1) is 13.8. The van der Waals surface area contributed by atoms with Crippen molar-refractivity contribution in [2.24, 2.45) is 0 Å². The summed E-state index contributed by atoms with van der Waals surface area (Å²) in [6.07, 6.45) is 4.09. The quantitative estimate of drug-likeness (QED) is 0.831. The Morgan fingerprint density at radius 2 is 2.22 bits per heavy atom. The molecule has 2 fully saturated rings. The van der Waals surface area contributed by atoms with Gasteiger partial charge in [0.1, 0.15) is 0 Å². The van der Waals surface area contributed by atoms with Gasteiger partial charge in [0.05, 0.1) is 17.7 Å². The summed E-state index contributed by atoms with van der Waals surface area (Å²) < 4.78 is 5.69. The molecule has 0 bridgehead atoms. The number of nitrogens with zero attached hydrogens (tertiary/aromatic N) is 1. The molecule has 18 heavy (non-hydrogen) atoms. The van der Waals surface area contributed by atoms with Crippen LogP contribution < -0.4 is 5.32 Å². The third-order valence-corrected chi connectivity index (χ3v) is 4.04. The number of hydrogen-bond acceptors (Lipinski definition) is 3. The zero-order valence-electron chi connectivity index (χ0n) is 11.9. The molecule has 0 spiro atoms. The monoisotopic (exact) mass is 254 g/mol. The first-order valence-corrected chi connectivity index (χ1v) is 7.17. The van der Waals surface area contributed by atoms with Crippen molar-refractivity contribution in [1.29, 1.82) is 0 Å². The van der Waals surface area contributed by atoms with Crippen molar-refractivity contribution >= 4 is 5.91 Å². The number of hydrogen-bond donors (Lipinski definition) is 1. The Balaban J connectivity index is 2.09. The second kappa shape index (κ2) is 5.17.